The molecule has 2 heteroatoms. The van der Waals surface area contributed by atoms with E-state index >= 15 is 0 Å². The van der Waals surface area contributed by atoms with Crippen LogP contribution < -0.4 is 0 Å². The Hall–Kier alpha value is -1.10. The fraction of sp³-hybridized carbons (Fsp3) is 0.500. The Labute approximate surface area is 61.2 Å². The van der Waals surface area contributed by atoms with Gasteiger partial charge in [-0.2, -0.15) is 5.26 Å². The average Bonchev–Trinajstić information content (AvgIpc) is 1.98. The van der Waals surface area contributed by atoms with E-state index in [0.29, 0.717) is 12.8 Å². The summed E-state index contributed by atoms with van der Waals surface area (Å²) in [6.07, 6.45) is 2.80. The molecule has 54 valence electrons. The third-order valence-corrected chi connectivity index (χ3v) is 1.27. The third kappa shape index (κ3) is 3.03. The Kier molecular flexibility index (Phi) is 4.23. The lowest BCUT2D eigenvalue weighted by atomic mass is 10.0. The first kappa shape index (κ1) is 8.90. The van der Waals surface area contributed by atoms with Crippen molar-refractivity contribution in [3.63, 3.8) is 0 Å². The summed E-state index contributed by atoms with van der Waals surface area (Å²) >= 11 is 0. The van der Waals surface area contributed by atoms with Gasteiger partial charge in [-0.25, -0.2) is 0 Å². The van der Waals surface area contributed by atoms with Crippen LogP contribution in [0.5, 0.6) is 0 Å². The van der Waals surface area contributed by atoms with E-state index in [1.165, 1.54) is 0 Å². The Bertz CT molecular complexity index is 167. The average molecular weight is 137 g/mol. The number of carbonyl (C=O) groups excluding carboxylic acids is 1. The topological polar surface area (TPSA) is 40.9 Å². The van der Waals surface area contributed by atoms with Crippen molar-refractivity contribution in [3.05, 3.63) is 12.7 Å². The van der Waals surface area contributed by atoms with E-state index in [1.54, 1.807) is 13.0 Å². The molecular weight excluding hydrogens is 126 g/mol. The number of carbonyl (C=O) groups is 1. The van der Waals surface area contributed by atoms with Gasteiger partial charge >= 0.3 is 0 Å². The highest BCUT2D eigenvalue weighted by molar-refractivity contribution is 5.82. The van der Waals surface area contributed by atoms with Crippen molar-refractivity contribution in [1.82, 2.24) is 0 Å². The Morgan fingerprint density at radius 3 is 2.90 bits per heavy atom. The molecule has 0 heterocycles. The van der Waals surface area contributed by atoms with E-state index in [2.05, 4.69) is 6.58 Å². The van der Waals surface area contributed by atoms with Crippen molar-refractivity contribution in [2.45, 2.75) is 19.8 Å². The molecule has 0 bridgehead atoms. The Morgan fingerprint density at radius 2 is 2.50 bits per heavy atom. The summed E-state index contributed by atoms with van der Waals surface area (Å²) in [5.41, 5.74) is 0. The summed E-state index contributed by atoms with van der Waals surface area (Å²) in [4.78, 5) is 10.9. The zero-order valence-corrected chi connectivity index (χ0v) is 6.13. The molecule has 0 fully saturated rings. The molecule has 1 atom stereocenters. The van der Waals surface area contributed by atoms with Gasteiger partial charge in [-0.05, 0) is 13.3 Å². The highest BCUT2D eigenvalue weighted by Crippen LogP contribution is 2.01. The Morgan fingerprint density at radius 1 is 1.90 bits per heavy atom. The zero-order valence-electron chi connectivity index (χ0n) is 6.13. The second kappa shape index (κ2) is 4.75. The van der Waals surface area contributed by atoms with Gasteiger partial charge in [0.15, 0.2) is 0 Å². The maximum absolute atomic E-state index is 10.9. The van der Waals surface area contributed by atoms with Gasteiger partial charge in [0, 0.05) is 6.42 Å². The first-order valence-corrected chi connectivity index (χ1v) is 3.25. The summed E-state index contributed by atoms with van der Waals surface area (Å²) in [6.45, 7) is 5.10. The van der Waals surface area contributed by atoms with Crippen LogP contribution in [-0.4, -0.2) is 5.78 Å². The molecule has 0 aliphatic heterocycles. The fourth-order valence-corrected chi connectivity index (χ4v) is 0.533. The molecule has 10 heavy (non-hydrogen) atoms. The summed E-state index contributed by atoms with van der Waals surface area (Å²) < 4.78 is 0. The molecule has 0 saturated heterocycles. The van der Waals surface area contributed by atoms with Crippen LogP contribution in [-0.2, 0) is 4.79 Å². The van der Waals surface area contributed by atoms with Gasteiger partial charge in [-0.1, -0.05) is 6.08 Å². The third-order valence-electron chi connectivity index (χ3n) is 1.27. The van der Waals surface area contributed by atoms with Gasteiger partial charge < -0.3 is 0 Å². The van der Waals surface area contributed by atoms with Crippen molar-refractivity contribution in [3.8, 4) is 6.07 Å². The minimum Gasteiger partial charge on any atom is -0.298 e. The van der Waals surface area contributed by atoms with Crippen molar-refractivity contribution in [2.75, 3.05) is 0 Å². The van der Waals surface area contributed by atoms with Crippen LogP contribution in [0.4, 0.5) is 0 Å². The molecule has 0 rings (SSSR count). The van der Waals surface area contributed by atoms with Crippen molar-refractivity contribution in [2.24, 2.45) is 5.92 Å². The molecule has 0 aromatic heterocycles. The largest absolute Gasteiger partial charge is 0.298 e. The van der Waals surface area contributed by atoms with Crippen LogP contribution in [0.2, 0.25) is 0 Å². The van der Waals surface area contributed by atoms with Gasteiger partial charge in [-0.15, -0.1) is 6.58 Å². The van der Waals surface area contributed by atoms with Crippen LogP contribution in [0.3, 0.4) is 0 Å². The number of nitriles is 1. The molecule has 0 radical (unpaired) electrons. The number of allylic oxidation sites excluding steroid dienone is 1. The molecule has 0 amide bonds. The van der Waals surface area contributed by atoms with Crippen LogP contribution in [0.25, 0.3) is 0 Å². The summed E-state index contributed by atoms with van der Waals surface area (Å²) in [5, 5.41) is 8.31. The van der Waals surface area contributed by atoms with Gasteiger partial charge in [0.2, 0.25) is 0 Å². The first-order chi connectivity index (χ1) is 4.72. The van der Waals surface area contributed by atoms with Crippen molar-refractivity contribution >= 4 is 5.78 Å². The summed E-state index contributed by atoms with van der Waals surface area (Å²) in [5.74, 6) is -0.456. The van der Waals surface area contributed by atoms with Gasteiger partial charge in [0.1, 0.15) is 11.7 Å². The first-order valence-electron chi connectivity index (χ1n) is 3.25. The van der Waals surface area contributed by atoms with Crippen LogP contribution in [0.15, 0.2) is 12.7 Å². The minimum atomic E-state index is -0.458. The number of rotatable bonds is 4. The standard InChI is InChI=1S/C8H11NO/c1-3-4-5-8(10)7(2)6-9/h3,7H,1,4-5H2,2H3. The molecule has 0 aromatic carbocycles. The zero-order chi connectivity index (χ0) is 7.98. The molecule has 0 aromatic rings. The predicted molar refractivity (Wildman–Crippen MR) is 39.2 cm³/mol. The van der Waals surface area contributed by atoms with E-state index in [0.717, 1.165) is 0 Å². The summed E-state index contributed by atoms with van der Waals surface area (Å²) in [6, 6.07) is 1.89. The monoisotopic (exact) mass is 137 g/mol. The molecular formula is C8H11NO. The normalized spacial score (nSPS) is 11.6. The summed E-state index contributed by atoms with van der Waals surface area (Å²) in [7, 11) is 0. The molecule has 0 aliphatic carbocycles. The predicted octanol–water partition coefficient (Wildman–Crippen LogP) is 1.68. The highest BCUT2D eigenvalue weighted by atomic mass is 16.1. The number of nitrogens with zero attached hydrogens (tertiary/aromatic N) is 1. The minimum absolute atomic E-state index is 0.00222. The fourth-order valence-electron chi connectivity index (χ4n) is 0.533. The molecule has 1 unspecified atom stereocenters. The van der Waals surface area contributed by atoms with Gasteiger partial charge in [0.25, 0.3) is 0 Å². The highest BCUT2D eigenvalue weighted by Gasteiger charge is 2.09. The van der Waals surface area contributed by atoms with E-state index in [4.69, 9.17) is 5.26 Å². The maximum atomic E-state index is 10.9. The number of Topliss-reactive ketones (excluding diaryl/α,β-unsaturated/α-hetero) is 1. The number of hydrogen-bond acceptors (Lipinski definition) is 2. The van der Waals surface area contributed by atoms with Crippen LogP contribution in [0.1, 0.15) is 19.8 Å². The Balaban J connectivity index is 3.64. The number of ketones is 1. The lowest BCUT2D eigenvalue weighted by Crippen LogP contribution is -2.07. The van der Waals surface area contributed by atoms with Crippen molar-refractivity contribution in [1.29, 1.82) is 5.26 Å². The van der Waals surface area contributed by atoms with E-state index < -0.39 is 5.92 Å². The SMILES string of the molecule is C=CCCC(=O)C(C)C#N. The lowest BCUT2D eigenvalue weighted by Gasteiger charge is -1.96. The van der Waals surface area contributed by atoms with Gasteiger partial charge in [-0.3, -0.25) is 4.79 Å². The van der Waals surface area contributed by atoms with E-state index in [1.807, 2.05) is 6.07 Å². The molecule has 0 N–H and O–H groups in total. The van der Waals surface area contributed by atoms with Gasteiger partial charge in [0.05, 0.1) is 6.07 Å². The molecule has 2 nitrogen and oxygen atoms in total. The second-order valence-corrected chi connectivity index (χ2v) is 2.14. The molecule has 0 aliphatic rings. The molecule has 0 saturated carbocycles. The number of hydrogen-bond donors (Lipinski definition) is 0. The molecule has 0 spiro atoms. The quantitative estimate of drug-likeness (QED) is 0.553. The smallest absolute Gasteiger partial charge is 0.150 e. The second-order valence-electron chi connectivity index (χ2n) is 2.14. The van der Waals surface area contributed by atoms with Crippen LogP contribution in [0, 0.1) is 17.2 Å². The lowest BCUT2D eigenvalue weighted by molar-refractivity contribution is -0.120. The maximum Gasteiger partial charge on any atom is 0.150 e. The van der Waals surface area contributed by atoms with Crippen molar-refractivity contribution < 1.29 is 4.79 Å². The van der Waals surface area contributed by atoms with E-state index in [-0.39, 0.29) is 5.78 Å². The van der Waals surface area contributed by atoms with Crippen LogP contribution >= 0.6 is 0 Å². The van der Waals surface area contributed by atoms with E-state index in [9.17, 15) is 4.79 Å².